The first-order valence-corrected chi connectivity index (χ1v) is 2.99. The molecule has 0 aliphatic heterocycles. The lowest BCUT2D eigenvalue weighted by molar-refractivity contribution is -0.120. The molecule has 0 aromatic rings. The number of carbonyl (C=O) groups excluding carboxylic acids is 1. The van der Waals surface area contributed by atoms with Crippen molar-refractivity contribution in [2.45, 2.75) is 6.92 Å². The summed E-state index contributed by atoms with van der Waals surface area (Å²) in [6, 6.07) is 0. The normalized spacial score (nSPS) is 13.4. The minimum Gasteiger partial charge on any atom is -0.369 e. The Bertz CT molecular complexity index is 74.1. The number of hydrogen-bond acceptors (Lipinski definition) is 1. The van der Waals surface area contributed by atoms with Gasteiger partial charge in [-0.05, 0) is 6.16 Å². The van der Waals surface area contributed by atoms with Gasteiger partial charge in [-0.15, -0.1) is 9.24 Å². The Morgan fingerprint density at radius 3 is 2.43 bits per heavy atom. The highest BCUT2D eigenvalue weighted by Gasteiger charge is 2.02. The van der Waals surface area contributed by atoms with Crippen LogP contribution < -0.4 is 5.73 Å². The van der Waals surface area contributed by atoms with Gasteiger partial charge in [-0.25, -0.2) is 0 Å². The summed E-state index contributed by atoms with van der Waals surface area (Å²) in [7, 11) is 2.46. The highest BCUT2D eigenvalue weighted by Crippen LogP contribution is 1.96. The summed E-state index contributed by atoms with van der Waals surface area (Å²) in [5.41, 5.74) is 4.89. The second-order valence-corrected chi connectivity index (χ2v) is 2.01. The second-order valence-electron chi connectivity index (χ2n) is 1.54. The van der Waals surface area contributed by atoms with E-state index in [4.69, 9.17) is 5.73 Å². The van der Waals surface area contributed by atoms with Gasteiger partial charge in [0.15, 0.2) is 0 Å². The van der Waals surface area contributed by atoms with Crippen LogP contribution in [0.25, 0.3) is 0 Å². The van der Waals surface area contributed by atoms with E-state index in [0.717, 1.165) is 6.16 Å². The van der Waals surface area contributed by atoms with Gasteiger partial charge in [0.2, 0.25) is 5.91 Å². The summed E-state index contributed by atoms with van der Waals surface area (Å²) < 4.78 is 0. The third-order valence-electron chi connectivity index (χ3n) is 0.839. The number of primary amides is 1. The van der Waals surface area contributed by atoms with Gasteiger partial charge < -0.3 is 5.73 Å². The van der Waals surface area contributed by atoms with Crippen molar-refractivity contribution in [3.8, 4) is 0 Å². The predicted octanol–water partition coefficient (Wildman–Crippen LogP) is -0.0171. The van der Waals surface area contributed by atoms with E-state index < -0.39 is 0 Å². The second kappa shape index (κ2) is 2.98. The molecule has 0 aromatic carbocycles. The maximum Gasteiger partial charge on any atom is 0.220 e. The fraction of sp³-hybridized carbons (Fsp3) is 0.750. The molecule has 0 saturated carbocycles. The van der Waals surface area contributed by atoms with Gasteiger partial charge in [-0.2, -0.15) is 0 Å². The molecule has 0 bridgehead atoms. The van der Waals surface area contributed by atoms with Gasteiger partial charge in [-0.1, -0.05) is 6.92 Å². The Morgan fingerprint density at radius 2 is 2.43 bits per heavy atom. The summed E-state index contributed by atoms with van der Waals surface area (Å²) in [5, 5.41) is 0. The van der Waals surface area contributed by atoms with E-state index in [9.17, 15) is 4.79 Å². The lowest BCUT2D eigenvalue weighted by Crippen LogP contribution is -2.21. The van der Waals surface area contributed by atoms with Crippen molar-refractivity contribution < 1.29 is 4.79 Å². The molecule has 42 valence electrons. The van der Waals surface area contributed by atoms with Crippen LogP contribution in [-0.4, -0.2) is 12.1 Å². The molecule has 0 aliphatic rings. The quantitative estimate of drug-likeness (QED) is 0.510. The van der Waals surface area contributed by atoms with Crippen molar-refractivity contribution in [3.63, 3.8) is 0 Å². The first kappa shape index (κ1) is 6.90. The first-order valence-electron chi connectivity index (χ1n) is 2.18. The average molecular weight is 119 g/mol. The summed E-state index contributed by atoms with van der Waals surface area (Å²) in [4.78, 5) is 10.1. The van der Waals surface area contributed by atoms with Gasteiger partial charge in [0.05, 0.1) is 0 Å². The van der Waals surface area contributed by atoms with E-state index in [2.05, 4.69) is 9.24 Å². The third kappa shape index (κ3) is 2.58. The number of amides is 1. The molecule has 0 spiro atoms. The van der Waals surface area contributed by atoms with E-state index in [0.29, 0.717) is 0 Å². The van der Waals surface area contributed by atoms with Crippen LogP contribution in [0.4, 0.5) is 0 Å². The Morgan fingerprint density at radius 1 is 2.00 bits per heavy atom. The molecule has 2 nitrogen and oxygen atoms in total. The molecular formula is C4H10NOP. The van der Waals surface area contributed by atoms with Crippen LogP contribution in [0.5, 0.6) is 0 Å². The third-order valence-corrected chi connectivity index (χ3v) is 1.55. The first-order chi connectivity index (χ1) is 3.18. The van der Waals surface area contributed by atoms with E-state index in [-0.39, 0.29) is 11.8 Å². The Kier molecular flexibility index (Phi) is 2.93. The zero-order valence-corrected chi connectivity index (χ0v) is 5.50. The molecule has 3 heteroatoms. The van der Waals surface area contributed by atoms with Crippen molar-refractivity contribution in [1.29, 1.82) is 0 Å². The van der Waals surface area contributed by atoms with E-state index in [1.54, 1.807) is 6.92 Å². The molecular weight excluding hydrogens is 109 g/mol. The molecule has 0 rings (SSSR count). The van der Waals surface area contributed by atoms with Gasteiger partial charge in [0, 0.05) is 5.92 Å². The molecule has 0 aromatic heterocycles. The lowest BCUT2D eigenvalue weighted by Gasteiger charge is -1.97. The van der Waals surface area contributed by atoms with Gasteiger partial charge >= 0.3 is 0 Å². The van der Waals surface area contributed by atoms with Gasteiger partial charge in [0.25, 0.3) is 0 Å². The Hall–Kier alpha value is -0.100. The summed E-state index contributed by atoms with van der Waals surface area (Å²) in [6.45, 7) is 1.80. The molecule has 2 unspecified atom stereocenters. The van der Waals surface area contributed by atoms with Crippen LogP contribution >= 0.6 is 9.24 Å². The van der Waals surface area contributed by atoms with E-state index in [1.165, 1.54) is 0 Å². The number of carbonyl (C=O) groups is 1. The van der Waals surface area contributed by atoms with E-state index in [1.807, 2.05) is 0 Å². The standard InChI is InChI=1S/C4H10NOP/c1-3(2-7)4(5)6/h3H,2,7H2,1H3,(H2,5,6). The zero-order valence-electron chi connectivity index (χ0n) is 4.35. The molecule has 0 heterocycles. The Labute approximate surface area is 45.7 Å². The maximum absolute atomic E-state index is 10.1. The molecule has 2 atom stereocenters. The fourth-order valence-corrected chi connectivity index (χ4v) is 0.348. The number of nitrogens with two attached hydrogens (primary N) is 1. The van der Waals surface area contributed by atoms with Crippen molar-refractivity contribution >= 4 is 15.1 Å². The summed E-state index contributed by atoms with van der Waals surface area (Å²) >= 11 is 0. The zero-order chi connectivity index (χ0) is 5.86. The van der Waals surface area contributed by atoms with Crippen molar-refractivity contribution in [2.75, 3.05) is 6.16 Å². The van der Waals surface area contributed by atoms with Crippen LogP contribution in [0.1, 0.15) is 6.92 Å². The molecule has 0 saturated heterocycles. The van der Waals surface area contributed by atoms with Crippen molar-refractivity contribution in [1.82, 2.24) is 0 Å². The lowest BCUT2D eigenvalue weighted by atomic mass is 10.2. The fourth-order valence-electron chi connectivity index (χ4n) is 0.116. The van der Waals surface area contributed by atoms with Gasteiger partial charge in [-0.3, -0.25) is 4.79 Å². The Balaban J connectivity index is 3.34. The minimum atomic E-state index is -0.227. The highest BCUT2D eigenvalue weighted by atomic mass is 31.0. The molecule has 0 fully saturated rings. The van der Waals surface area contributed by atoms with Crippen LogP contribution in [0.15, 0.2) is 0 Å². The van der Waals surface area contributed by atoms with Crippen LogP contribution in [0.2, 0.25) is 0 Å². The summed E-state index contributed by atoms with van der Waals surface area (Å²) in [6.07, 6.45) is 0.759. The minimum absolute atomic E-state index is 0.00463. The average Bonchev–Trinajstić information content (AvgIpc) is 1.65. The monoisotopic (exact) mass is 119 g/mol. The molecule has 0 radical (unpaired) electrons. The molecule has 7 heavy (non-hydrogen) atoms. The van der Waals surface area contributed by atoms with Gasteiger partial charge in [0.1, 0.15) is 0 Å². The number of rotatable bonds is 2. The highest BCUT2D eigenvalue weighted by molar-refractivity contribution is 7.16. The largest absolute Gasteiger partial charge is 0.369 e. The van der Waals surface area contributed by atoms with Crippen LogP contribution in [-0.2, 0) is 4.79 Å². The number of hydrogen-bond donors (Lipinski definition) is 1. The van der Waals surface area contributed by atoms with Crippen LogP contribution in [0, 0.1) is 5.92 Å². The summed E-state index contributed by atoms with van der Waals surface area (Å²) in [5.74, 6) is -0.222. The van der Waals surface area contributed by atoms with Crippen LogP contribution in [0.3, 0.4) is 0 Å². The molecule has 2 N–H and O–H groups in total. The molecule has 1 amide bonds. The van der Waals surface area contributed by atoms with Crippen molar-refractivity contribution in [3.05, 3.63) is 0 Å². The van der Waals surface area contributed by atoms with E-state index >= 15 is 0 Å². The molecule has 0 aliphatic carbocycles. The topological polar surface area (TPSA) is 43.1 Å². The SMILES string of the molecule is CC(CP)C(N)=O. The smallest absolute Gasteiger partial charge is 0.220 e. The predicted molar refractivity (Wildman–Crippen MR) is 32.9 cm³/mol. The maximum atomic E-state index is 10.1. The van der Waals surface area contributed by atoms with Crippen molar-refractivity contribution in [2.24, 2.45) is 11.7 Å².